The molecule has 0 heterocycles. The van der Waals surface area contributed by atoms with Crippen LogP contribution >= 0.6 is 23.2 Å². The van der Waals surface area contributed by atoms with Crippen LogP contribution in [0, 0.1) is 0 Å². The molecular weight excluding hydrogens is 401 g/mol. The van der Waals surface area contributed by atoms with E-state index in [1.807, 2.05) is 0 Å². The number of hydrogen-bond donors (Lipinski definition) is 1. The van der Waals surface area contributed by atoms with Crippen LogP contribution in [0.2, 0.25) is 10.0 Å². The van der Waals surface area contributed by atoms with E-state index in [4.69, 9.17) is 23.2 Å². The Balaban J connectivity index is 1.91. The molecule has 0 spiro atoms. The zero-order chi connectivity index (χ0) is 20.0. The summed E-state index contributed by atoms with van der Waals surface area (Å²) in [7, 11) is 1.57. The molecule has 5 nitrogen and oxygen atoms in total. The first-order chi connectivity index (χ1) is 12.8. The number of hydrogen-bond acceptors (Lipinski definition) is 3. The summed E-state index contributed by atoms with van der Waals surface area (Å²) in [4.78, 5) is 25.7. The Morgan fingerprint density at radius 2 is 1.93 bits per heavy atom. The molecule has 0 fully saturated rings. The molecule has 27 heavy (non-hydrogen) atoms. The van der Waals surface area contributed by atoms with E-state index in [1.54, 1.807) is 25.2 Å². The number of rotatable bonds is 7. The van der Waals surface area contributed by atoms with Gasteiger partial charge in [-0.3, -0.25) is 9.59 Å². The molecule has 9 heteroatoms. The Hall–Kier alpha value is -2.38. The van der Waals surface area contributed by atoms with Gasteiger partial charge in [-0.25, -0.2) is 0 Å². The standard InChI is InChI=1S/C18H16Cl2F2N2O3/c1-24(10-12-5-6-13(19)8-15(12)20)16(25)9-23-17(26)11-3-2-4-14(7-11)27-18(21)22/h2-8,18H,9-10H2,1H3,(H,23,26). The quantitative estimate of drug-likeness (QED) is 0.742. The van der Waals surface area contributed by atoms with Gasteiger partial charge in [0, 0.05) is 29.2 Å². The van der Waals surface area contributed by atoms with Crippen LogP contribution in [-0.2, 0) is 11.3 Å². The molecule has 0 aliphatic heterocycles. The van der Waals surface area contributed by atoms with Gasteiger partial charge in [-0.2, -0.15) is 8.78 Å². The van der Waals surface area contributed by atoms with Crippen LogP contribution in [0.3, 0.4) is 0 Å². The van der Waals surface area contributed by atoms with Gasteiger partial charge in [-0.1, -0.05) is 35.3 Å². The maximum Gasteiger partial charge on any atom is 0.387 e. The zero-order valence-corrected chi connectivity index (χ0v) is 15.7. The molecule has 0 unspecified atom stereocenters. The van der Waals surface area contributed by atoms with Crippen molar-refractivity contribution in [1.29, 1.82) is 0 Å². The van der Waals surface area contributed by atoms with Gasteiger partial charge in [-0.05, 0) is 35.9 Å². The maximum atomic E-state index is 12.2. The van der Waals surface area contributed by atoms with Crippen molar-refractivity contribution in [2.45, 2.75) is 13.2 Å². The minimum atomic E-state index is -2.99. The molecule has 0 saturated heterocycles. The van der Waals surface area contributed by atoms with Crippen molar-refractivity contribution in [2.24, 2.45) is 0 Å². The van der Waals surface area contributed by atoms with E-state index < -0.39 is 12.5 Å². The summed E-state index contributed by atoms with van der Waals surface area (Å²) in [5, 5.41) is 3.36. The fourth-order valence-electron chi connectivity index (χ4n) is 2.20. The van der Waals surface area contributed by atoms with Crippen molar-refractivity contribution in [3.05, 3.63) is 63.6 Å². The van der Waals surface area contributed by atoms with E-state index >= 15 is 0 Å². The van der Waals surface area contributed by atoms with Gasteiger partial charge in [0.2, 0.25) is 5.91 Å². The third kappa shape index (κ3) is 6.37. The highest BCUT2D eigenvalue weighted by molar-refractivity contribution is 6.35. The number of carbonyl (C=O) groups is 2. The number of ether oxygens (including phenoxy) is 1. The minimum absolute atomic E-state index is 0.101. The van der Waals surface area contributed by atoms with Crippen LogP contribution in [-0.4, -0.2) is 36.9 Å². The lowest BCUT2D eigenvalue weighted by Gasteiger charge is -2.18. The summed E-state index contributed by atoms with van der Waals surface area (Å²) in [5.41, 5.74) is 0.810. The van der Waals surface area contributed by atoms with E-state index in [2.05, 4.69) is 10.1 Å². The van der Waals surface area contributed by atoms with Crippen LogP contribution in [0.5, 0.6) is 5.75 Å². The average Bonchev–Trinajstić information content (AvgIpc) is 2.61. The second-order valence-corrected chi connectivity index (χ2v) is 6.42. The summed E-state index contributed by atoms with van der Waals surface area (Å²) in [6.07, 6.45) is 0. The summed E-state index contributed by atoms with van der Waals surface area (Å²) < 4.78 is 28.7. The number of amides is 2. The van der Waals surface area contributed by atoms with Crippen molar-refractivity contribution in [3.8, 4) is 5.75 Å². The van der Waals surface area contributed by atoms with Crippen LogP contribution in [0.25, 0.3) is 0 Å². The van der Waals surface area contributed by atoms with Crippen LogP contribution in [0.1, 0.15) is 15.9 Å². The molecule has 0 saturated carbocycles. The Bertz CT molecular complexity index is 834. The van der Waals surface area contributed by atoms with Gasteiger partial charge in [0.15, 0.2) is 0 Å². The lowest BCUT2D eigenvalue weighted by Crippen LogP contribution is -2.37. The predicted molar refractivity (Wildman–Crippen MR) is 98.3 cm³/mol. The van der Waals surface area contributed by atoms with Gasteiger partial charge >= 0.3 is 6.61 Å². The first kappa shape index (κ1) is 20.9. The second kappa shape index (κ2) is 9.53. The summed E-state index contributed by atoms with van der Waals surface area (Å²) in [5.74, 6) is -1.08. The summed E-state index contributed by atoms with van der Waals surface area (Å²) >= 11 is 11.9. The first-order valence-corrected chi connectivity index (χ1v) is 8.53. The molecule has 144 valence electrons. The number of halogens is 4. The van der Waals surface area contributed by atoms with Crippen molar-refractivity contribution in [3.63, 3.8) is 0 Å². The maximum absolute atomic E-state index is 12.2. The first-order valence-electron chi connectivity index (χ1n) is 7.77. The third-order valence-corrected chi connectivity index (χ3v) is 4.16. The molecule has 2 aromatic rings. The molecule has 0 bridgehead atoms. The van der Waals surface area contributed by atoms with Gasteiger partial charge < -0.3 is 15.0 Å². The largest absolute Gasteiger partial charge is 0.435 e. The van der Waals surface area contributed by atoms with E-state index in [9.17, 15) is 18.4 Å². The Morgan fingerprint density at radius 3 is 2.59 bits per heavy atom. The van der Waals surface area contributed by atoms with Crippen molar-refractivity contribution in [2.75, 3.05) is 13.6 Å². The van der Waals surface area contributed by atoms with Crippen LogP contribution in [0.4, 0.5) is 8.78 Å². The van der Waals surface area contributed by atoms with Crippen molar-refractivity contribution >= 4 is 35.0 Å². The summed E-state index contributed by atoms with van der Waals surface area (Å²) in [6, 6.07) is 10.3. The molecule has 2 amide bonds. The number of alkyl halides is 2. The van der Waals surface area contributed by atoms with Gasteiger partial charge in [-0.15, -0.1) is 0 Å². The Kier molecular flexibility index (Phi) is 7.38. The number of nitrogens with one attached hydrogen (secondary N) is 1. The van der Waals surface area contributed by atoms with Crippen molar-refractivity contribution in [1.82, 2.24) is 10.2 Å². The van der Waals surface area contributed by atoms with E-state index in [1.165, 1.54) is 29.2 Å². The highest BCUT2D eigenvalue weighted by atomic mass is 35.5. The fourth-order valence-corrected chi connectivity index (χ4v) is 2.67. The average molecular weight is 417 g/mol. The minimum Gasteiger partial charge on any atom is -0.435 e. The lowest BCUT2D eigenvalue weighted by atomic mass is 10.2. The van der Waals surface area contributed by atoms with E-state index in [-0.39, 0.29) is 30.3 Å². The molecule has 0 radical (unpaired) electrons. The summed E-state index contributed by atoms with van der Waals surface area (Å²) in [6.45, 7) is -3.01. The fraction of sp³-hybridized carbons (Fsp3) is 0.222. The number of likely N-dealkylation sites (N-methyl/N-ethyl adjacent to an activating group) is 1. The molecule has 1 N–H and O–H groups in total. The van der Waals surface area contributed by atoms with Gasteiger partial charge in [0.1, 0.15) is 5.75 Å². The molecule has 2 aromatic carbocycles. The number of benzene rings is 2. The highest BCUT2D eigenvalue weighted by Crippen LogP contribution is 2.22. The van der Waals surface area contributed by atoms with E-state index in [0.29, 0.717) is 15.6 Å². The van der Waals surface area contributed by atoms with Crippen molar-refractivity contribution < 1.29 is 23.1 Å². The van der Waals surface area contributed by atoms with Gasteiger partial charge in [0.25, 0.3) is 5.91 Å². The molecule has 0 aromatic heterocycles. The van der Waals surface area contributed by atoms with Crippen LogP contribution in [0.15, 0.2) is 42.5 Å². The number of nitrogens with zero attached hydrogens (tertiary/aromatic N) is 1. The smallest absolute Gasteiger partial charge is 0.387 e. The third-order valence-electron chi connectivity index (χ3n) is 3.57. The Morgan fingerprint density at radius 1 is 1.19 bits per heavy atom. The van der Waals surface area contributed by atoms with Crippen LogP contribution < -0.4 is 10.1 Å². The van der Waals surface area contributed by atoms with Gasteiger partial charge in [0.05, 0.1) is 6.54 Å². The topological polar surface area (TPSA) is 58.6 Å². The molecule has 2 rings (SSSR count). The monoisotopic (exact) mass is 416 g/mol. The number of carbonyl (C=O) groups excluding carboxylic acids is 2. The Labute approximate surface area is 164 Å². The molecule has 0 aliphatic rings. The van der Waals surface area contributed by atoms with E-state index in [0.717, 1.165) is 0 Å². The molecular formula is C18H16Cl2F2N2O3. The predicted octanol–water partition coefficient (Wildman–Crippen LogP) is 3.98. The SMILES string of the molecule is CN(Cc1ccc(Cl)cc1Cl)C(=O)CNC(=O)c1cccc(OC(F)F)c1. The zero-order valence-electron chi connectivity index (χ0n) is 14.2. The second-order valence-electron chi connectivity index (χ2n) is 5.57. The normalized spacial score (nSPS) is 10.6. The lowest BCUT2D eigenvalue weighted by molar-refractivity contribution is -0.129. The molecule has 0 atom stereocenters. The molecule has 0 aliphatic carbocycles. The highest BCUT2D eigenvalue weighted by Gasteiger charge is 2.14.